The van der Waals surface area contributed by atoms with E-state index in [0.29, 0.717) is 22.1 Å². The average molecular weight is 406 g/mol. The van der Waals surface area contributed by atoms with E-state index in [0.717, 1.165) is 0 Å². The molecule has 0 unspecified atom stereocenters. The Hall–Kier alpha value is -3.17. The van der Waals surface area contributed by atoms with E-state index in [2.05, 4.69) is 20.7 Å². The van der Waals surface area contributed by atoms with E-state index in [1.54, 1.807) is 18.2 Å². The van der Waals surface area contributed by atoms with Gasteiger partial charge in [-0.2, -0.15) is 5.10 Å². The van der Waals surface area contributed by atoms with Crippen molar-refractivity contribution in [3.8, 4) is 11.4 Å². The number of anilines is 2. The van der Waals surface area contributed by atoms with Crippen LogP contribution in [0.25, 0.3) is 5.69 Å². The highest BCUT2D eigenvalue weighted by Crippen LogP contribution is 2.26. The van der Waals surface area contributed by atoms with Crippen LogP contribution < -0.4 is 15.4 Å². The minimum absolute atomic E-state index is 0.00805. The lowest BCUT2D eigenvalue weighted by molar-refractivity contribution is -0.114. The van der Waals surface area contributed by atoms with Crippen LogP contribution in [0.5, 0.6) is 5.75 Å². The van der Waals surface area contributed by atoms with Crippen LogP contribution in [0.15, 0.2) is 49.1 Å². The predicted octanol–water partition coefficient (Wildman–Crippen LogP) is 2.48. The molecule has 0 saturated heterocycles. The van der Waals surface area contributed by atoms with Crippen LogP contribution in [0.4, 0.5) is 15.8 Å². The molecule has 0 saturated carbocycles. The van der Waals surface area contributed by atoms with E-state index in [1.165, 1.54) is 35.5 Å². The molecule has 0 atom stereocenters. The van der Waals surface area contributed by atoms with E-state index < -0.39 is 5.82 Å². The molecule has 2 aromatic carbocycles. The summed E-state index contributed by atoms with van der Waals surface area (Å²) in [7, 11) is 0. The normalized spacial score (nSPS) is 10.5. The smallest absolute Gasteiger partial charge is 0.243 e. The molecule has 0 aliphatic rings. The van der Waals surface area contributed by atoms with E-state index in [1.807, 2.05) is 0 Å². The maximum Gasteiger partial charge on any atom is 0.243 e. The molecule has 3 aromatic rings. The van der Waals surface area contributed by atoms with Crippen LogP contribution in [-0.2, 0) is 4.79 Å². The molecule has 8 nitrogen and oxygen atoms in total. The highest BCUT2D eigenvalue weighted by atomic mass is 35.5. The van der Waals surface area contributed by atoms with Crippen LogP contribution in [0.3, 0.4) is 0 Å². The van der Waals surface area contributed by atoms with Gasteiger partial charge in [0.1, 0.15) is 30.8 Å². The molecule has 0 radical (unpaired) electrons. The Morgan fingerprint density at radius 1 is 1.25 bits per heavy atom. The zero-order valence-electron chi connectivity index (χ0n) is 14.6. The molecule has 0 aliphatic carbocycles. The standard InChI is InChI=1S/C18H17ClFN5O3/c19-12-1-4-16(25-11-21-10-23-25)15(7-12)24-18(27)9-22-14-3-2-13(20)8-17(14)28-6-5-26/h1-4,7-8,10-11,22,26H,5-6,9H2,(H,24,27). The number of aliphatic hydroxyl groups excluding tert-OH is 1. The first kappa shape index (κ1) is 19.6. The number of nitrogens with zero attached hydrogens (tertiary/aromatic N) is 3. The molecule has 0 bridgehead atoms. The van der Waals surface area contributed by atoms with Gasteiger partial charge in [0.15, 0.2) is 0 Å². The third-order valence-corrected chi connectivity index (χ3v) is 3.87. The monoisotopic (exact) mass is 405 g/mol. The largest absolute Gasteiger partial charge is 0.489 e. The Labute approximate surface area is 164 Å². The number of ether oxygens (including phenoxy) is 1. The van der Waals surface area contributed by atoms with Crippen molar-refractivity contribution in [2.24, 2.45) is 0 Å². The molecule has 10 heteroatoms. The second kappa shape index (κ2) is 9.16. The molecular formula is C18H17ClFN5O3. The zero-order valence-corrected chi connectivity index (χ0v) is 15.4. The first-order valence-electron chi connectivity index (χ1n) is 8.28. The topological polar surface area (TPSA) is 101 Å². The summed E-state index contributed by atoms with van der Waals surface area (Å²) in [5.41, 5.74) is 1.48. The van der Waals surface area contributed by atoms with Gasteiger partial charge in [0, 0.05) is 11.1 Å². The highest BCUT2D eigenvalue weighted by Gasteiger charge is 2.12. The maximum absolute atomic E-state index is 13.4. The molecule has 1 aromatic heterocycles. The molecule has 146 valence electrons. The molecule has 0 aliphatic heterocycles. The van der Waals surface area contributed by atoms with Crippen LogP contribution in [0.1, 0.15) is 0 Å². The molecule has 1 amide bonds. The number of carbonyl (C=O) groups is 1. The summed E-state index contributed by atoms with van der Waals surface area (Å²) in [5.74, 6) is -0.645. The summed E-state index contributed by atoms with van der Waals surface area (Å²) in [5, 5.41) is 19.0. The van der Waals surface area contributed by atoms with Crippen molar-refractivity contribution in [2.75, 3.05) is 30.4 Å². The van der Waals surface area contributed by atoms with Crippen LogP contribution >= 0.6 is 11.6 Å². The number of nitrogens with one attached hydrogen (secondary N) is 2. The van der Waals surface area contributed by atoms with Crippen LogP contribution in [0, 0.1) is 5.82 Å². The average Bonchev–Trinajstić information content (AvgIpc) is 3.20. The van der Waals surface area contributed by atoms with Crippen molar-refractivity contribution in [3.63, 3.8) is 0 Å². The second-order valence-electron chi connectivity index (χ2n) is 5.62. The zero-order chi connectivity index (χ0) is 19.9. The van der Waals surface area contributed by atoms with Gasteiger partial charge >= 0.3 is 0 Å². The lowest BCUT2D eigenvalue weighted by Gasteiger charge is -2.14. The van der Waals surface area contributed by atoms with Crippen molar-refractivity contribution in [2.45, 2.75) is 0 Å². The molecule has 1 heterocycles. The minimum Gasteiger partial charge on any atom is -0.489 e. The minimum atomic E-state index is -0.487. The van der Waals surface area contributed by atoms with Gasteiger partial charge in [-0.15, -0.1) is 0 Å². The van der Waals surface area contributed by atoms with Crippen molar-refractivity contribution >= 4 is 28.9 Å². The Kier molecular flexibility index (Phi) is 6.41. The lowest BCUT2D eigenvalue weighted by atomic mass is 10.2. The van der Waals surface area contributed by atoms with E-state index in [-0.39, 0.29) is 31.4 Å². The van der Waals surface area contributed by atoms with Crippen molar-refractivity contribution in [1.29, 1.82) is 0 Å². The summed E-state index contributed by atoms with van der Waals surface area (Å²) in [6, 6.07) is 8.86. The number of carbonyl (C=O) groups excluding carboxylic acids is 1. The fourth-order valence-electron chi connectivity index (χ4n) is 2.43. The molecule has 0 spiro atoms. The first-order valence-corrected chi connectivity index (χ1v) is 8.66. The third-order valence-electron chi connectivity index (χ3n) is 3.63. The summed E-state index contributed by atoms with van der Waals surface area (Å²) in [6.45, 7) is -0.311. The van der Waals surface area contributed by atoms with Gasteiger partial charge in [-0.3, -0.25) is 4.79 Å². The number of aliphatic hydroxyl groups is 1. The quantitative estimate of drug-likeness (QED) is 0.532. The Balaban J connectivity index is 1.70. The molecule has 3 rings (SSSR count). The molecule has 3 N–H and O–H groups in total. The number of halogens is 2. The van der Waals surface area contributed by atoms with Crippen molar-refractivity contribution in [3.05, 3.63) is 59.9 Å². The van der Waals surface area contributed by atoms with Gasteiger partial charge in [-0.25, -0.2) is 14.1 Å². The van der Waals surface area contributed by atoms with Gasteiger partial charge in [0.25, 0.3) is 0 Å². The number of rotatable bonds is 8. The predicted molar refractivity (Wildman–Crippen MR) is 102 cm³/mol. The second-order valence-corrected chi connectivity index (χ2v) is 6.05. The molecule has 28 heavy (non-hydrogen) atoms. The molecule has 0 fully saturated rings. The van der Waals surface area contributed by atoms with E-state index in [4.69, 9.17) is 21.4 Å². The fourth-order valence-corrected chi connectivity index (χ4v) is 2.60. The fraction of sp³-hybridized carbons (Fsp3) is 0.167. The van der Waals surface area contributed by atoms with Crippen LogP contribution in [0.2, 0.25) is 5.02 Å². The van der Waals surface area contributed by atoms with Crippen LogP contribution in [-0.4, -0.2) is 45.5 Å². The Morgan fingerprint density at radius 3 is 2.86 bits per heavy atom. The number of aromatic nitrogens is 3. The van der Waals surface area contributed by atoms with Gasteiger partial charge in [-0.05, 0) is 30.3 Å². The first-order chi connectivity index (χ1) is 13.6. The number of hydrogen-bond donors (Lipinski definition) is 3. The maximum atomic E-state index is 13.4. The summed E-state index contributed by atoms with van der Waals surface area (Å²) >= 11 is 6.03. The van der Waals surface area contributed by atoms with E-state index >= 15 is 0 Å². The van der Waals surface area contributed by atoms with E-state index in [9.17, 15) is 9.18 Å². The molecular weight excluding hydrogens is 389 g/mol. The lowest BCUT2D eigenvalue weighted by Crippen LogP contribution is -2.23. The van der Waals surface area contributed by atoms with Gasteiger partial charge < -0.3 is 20.5 Å². The summed E-state index contributed by atoms with van der Waals surface area (Å²) in [4.78, 5) is 16.3. The van der Waals surface area contributed by atoms with Crippen molar-refractivity contribution < 1.29 is 19.0 Å². The SMILES string of the molecule is O=C(CNc1ccc(F)cc1OCCO)Nc1cc(Cl)ccc1-n1cncn1. The highest BCUT2D eigenvalue weighted by molar-refractivity contribution is 6.31. The number of benzene rings is 2. The Morgan fingerprint density at radius 2 is 2.11 bits per heavy atom. The van der Waals surface area contributed by atoms with Gasteiger partial charge in [0.2, 0.25) is 5.91 Å². The third kappa shape index (κ3) is 4.96. The number of hydrogen-bond acceptors (Lipinski definition) is 6. The van der Waals surface area contributed by atoms with Gasteiger partial charge in [-0.1, -0.05) is 11.6 Å². The van der Waals surface area contributed by atoms with Crippen molar-refractivity contribution in [1.82, 2.24) is 14.8 Å². The number of amides is 1. The summed E-state index contributed by atoms with van der Waals surface area (Å²) < 4.78 is 20.2. The summed E-state index contributed by atoms with van der Waals surface area (Å²) in [6.07, 6.45) is 2.88. The Bertz CT molecular complexity index is 952. The van der Waals surface area contributed by atoms with Gasteiger partial charge in [0.05, 0.1) is 30.2 Å².